The molecule has 0 unspecified atom stereocenters. The predicted molar refractivity (Wildman–Crippen MR) is 121 cm³/mol. The molecule has 0 aliphatic carbocycles. The lowest BCUT2D eigenvalue weighted by Crippen LogP contribution is -2.27. The fraction of sp³-hybridized carbons (Fsp3) is 0.391. The van der Waals surface area contributed by atoms with Crippen LogP contribution < -0.4 is 15.4 Å². The maximum Gasteiger partial charge on any atom is 0.256 e. The molecule has 2 amide bonds. The van der Waals surface area contributed by atoms with Crippen molar-refractivity contribution in [1.29, 1.82) is 0 Å². The molecule has 0 atom stereocenters. The smallest absolute Gasteiger partial charge is 0.256 e. The molecule has 7 nitrogen and oxygen atoms in total. The van der Waals surface area contributed by atoms with Gasteiger partial charge in [0.25, 0.3) is 5.91 Å². The summed E-state index contributed by atoms with van der Waals surface area (Å²) in [6.07, 6.45) is 2.27. The van der Waals surface area contributed by atoms with Gasteiger partial charge in [-0.2, -0.15) is 0 Å². The number of aromatic amines is 1. The van der Waals surface area contributed by atoms with Crippen molar-refractivity contribution in [2.75, 3.05) is 37.4 Å². The number of hydrogen-bond acceptors (Lipinski definition) is 4. The van der Waals surface area contributed by atoms with Crippen LogP contribution in [-0.4, -0.2) is 48.4 Å². The summed E-state index contributed by atoms with van der Waals surface area (Å²) in [4.78, 5) is 30.5. The van der Waals surface area contributed by atoms with E-state index < -0.39 is 0 Å². The standard InChI is InChI=1S/C23H30N4O3/c1-6-27(7-2)11-10-21(28)26-22-14(3)20(24-15(22)4)13-18-17-12-16(30-5)8-9-19(17)25-23(18)29/h8-9,12-13,24H,6-7,10-11H2,1-5H3,(H,25,29)(H,26,28)/b18-13-. The van der Waals surface area contributed by atoms with E-state index in [1.807, 2.05) is 38.1 Å². The first-order chi connectivity index (χ1) is 14.4. The van der Waals surface area contributed by atoms with Crippen molar-refractivity contribution < 1.29 is 14.3 Å². The molecule has 3 rings (SSSR count). The van der Waals surface area contributed by atoms with Crippen molar-refractivity contribution in [1.82, 2.24) is 9.88 Å². The van der Waals surface area contributed by atoms with Crippen LogP contribution in [0.25, 0.3) is 11.6 Å². The molecule has 0 saturated heterocycles. The molecule has 0 bridgehead atoms. The SMILES string of the molecule is CCN(CC)CCC(=O)Nc1c(C)[nH]c(/C=C2\C(=O)Nc3ccc(OC)cc32)c1C. The number of benzene rings is 1. The molecule has 0 spiro atoms. The normalized spacial score (nSPS) is 14.2. The Hall–Kier alpha value is -3.06. The van der Waals surface area contributed by atoms with E-state index in [4.69, 9.17) is 4.74 Å². The Morgan fingerprint density at radius 1 is 1.23 bits per heavy atom. The summed E-state index contributed by atoms with van der Waals surface area (Å²) >= 11 is 0. The van der Waals surface area contributed by atoms with Crippen molar-refractivity contribution in [3.05, 3.63) is 40.7 Å². The number of carbonyl (C=O) groups excluding carboxylic acids is 2. The molecule has 3 N–H and O–H groups in total. The Labute approximate surface area is 177 Å². The number of hydrogen-bond donors (Lipinski definition) is 3. The van der Waals surface area contributed by atoms with Gasteiger partial charge in [-0.15, -0.1) is 0 Å². The van der Waals surface area contributed by atoms with Crippen LogP contribution in [0.15, 0.2) is 18.2 Å². The van der Waals surface area contributed by atoms with Crippen LogP contribution in [0.3, 0.4) is 0 Å². The molecule has 2 aromatic rings. The second-order valence-corrected chi connectivity index (χ2v) is 7.41. The van der Waals surface area contributed by atoms with Crippen molar-refractivity contribution in [3.63, 3.8) is 0 Å². The number of anilines is 2. The lowest BCUT2D eigenvalue weighted by Gasteiger charge is -2.17. The summed E-state index contributed by atoms with van der Waals surface area (Å²) in [5.41, 5.74) is 5.46. The third kappa shape index (κ3) is 4.41. The Kier molecular flexibility index (Phi) is 6.62. The quantitative estimate of drug-likeness (QED) is 0.578. The first-order valence-electron chi connectivity index (χ1n) is 10.3. The third-order valence-corrected chi connectivity index (χ3v) is 5.59. The molecular formula is C23H30N4O3. The molecule has 2 heterocycles. The van der Waals surface area contributed by atoms with Gasteiger partial charge in [-0.3, -0.25) is 9.59 Å². The minimum Gasteiger partial charge on any atom is -0.497 e. The van der Waals surface area contributed by atoms with Gasteiger partial charge in [-0.1, -0.05) is 13.8 Å². The van der Waals surface area contributed by atoms with Gasteiger partial charge in [-0.25, -0.2) is 0 Å². The highest BCUT2D eigenvalue weighted by Crippen LogP contribution is 2.36. The monoisotopic (exact) mass is 410 g/mol. The summed E-state index contributed by atoms with van der Waals surface area (Å²) in [5, 5.41) is 5.91. The molecule has 1 aliphatic heterocycles. The van der Waals surface area contributed by atoms with E-state index >= 15 is 0 Å². The number of rotatable bonds is 8. The highest BCUT2D eigenvalue weighted by molar-refractivity contribution is 6.35. The van der Waals surface area contributed by atoms with Crippen molar-refractivity contribution in [2.45, 2.75) is 34.1 Å². The highest BCUT2D eigenvalue weighted by Gasteiger charge is 2.25. The fourth-order valence-electron chi connectivity index (χ4n) is 3.69. The summed E-state index contributed by atoms with van der Waals surface area (Å²) < 4.78 is 5.29. The number of ether oxygens (including phenoxy) is 1. The topological polar surface area (TPSA) is 86.5 Å². The van der Waals surface area contributed by atoms with Crippen LogP contribution in [0.4, 0.5) is 11.4 Å². The number of aryl methyl sites for hydroxylation is 1. The van der Waals surface area contributed by atoms with E-state index in [0.717, 1.165) is 53.5 Å². The van der Waals surface area contributed by atoms with E-state index in [9.17, 15) is 9.59 Å². The maximum absolute atomic E-state index is 12.5. The predicted octanol–water partition coefficient (Wildman–Crippen LogP) is 3.80. The van der Waals surface area contributed by atoms with Gasteiger partial charge in [0.15, 0.2) is 0 Å². The van der Waals surface area contributed by atoms with Crippen molar-refractivity contribution in [2.24, 2.45) is 0 Å². The second kappa shape index (κ2) is 9.17. The number of H-pyrrole nitrogens is 1. The van der Waals surface area contributed by atoms with E-state index in [2.05, 4.69) is 34.4 Å². The Balaban J connectivity index is 1.83. The largest absolute Gasteiger partial charge is 0.497 e. The number of amides is 2. The number of fused-ring (bicyclic) bond motifs is 1. The number of carbonyl (C=O) groups is 2. The van der Waals surface area contributed by atoms with Crippen LogP contribution >= 0.6 is 0 Å². The van der Waals surface area contributed by atoms with E-state index in [1.165, 1.54) is 0 Å². The van der Waals surface area contributed by atoms with Gasteiger partial charge in [0, 0.05) is 35.6 Å². The van der Waals surface area contributed by atoms with Gasteiger partial charge in [-0.05, 0) is 56.8 Å². The molecular weight excluding hydrogens is 380 g/mol. The van der Waals surface area contributed by atoms with Crippen LogP contribution in [0.1, 0.15) is 42.8 Å². The molecule has 1 aromatic heterocycles. The van der Waals surface area contributed by atoms with E-state index in [1.54, 1.807) is 7.11 Å². The molecule has 1 aliphatic rings. The van der Waals surface area contributed by atoms with Crippen LogP contribution in [0.5, 0.6) is 5.75 Å². The lowest BCUT2D eigenvalue weighted by atomic mass is 10.0. The van der Waals surface area contributed by atoms with Gasteiger partial charge >= 0.3 is 0 Å². The van der Waals surface area contributed by atoms with Gasteiger partial charge in [0.1, 0.15) is 5.75 Å². The number of nitrogens with zero attached hydrogens (tertiary/aromatic N) is 1. The first-order valence-corrected chi connectivity index (χ1v) is 10.3. The minimum atomic E-state index is -0.158. The zero-order valence-corrected chi connectivity index (χ0v) is 18.3. The maximum atomic E-state index is 12.5. The van der Waals surface area contributed by atoms with Gasteiger partial charge in [0.05, 0.1) is 18.4 Å². The average molecular weight is 411 g/mol. The van der Waals surface area contributed by atoms with Gasteiger partial charge in [0.2, 0.25) is 5.91 Å². The second-order valence-electron chi connectivity index (χ2n) is 7.41. The molecule has 0 fully saturated rings. The summed E-state index contributed by atoms with van der Waals surface area (Å²) in [5.74, 6) is 0.520. The molecule has 0 saturated carbocycles. The Bertz CT molecular complexity index is 987. The summed E-state index contributed by atoms with van der Waals surface area (Å²) in [7, 11) is 1.60. The average Bonchev–Trinajstić information content (AvgIpc) is 3.19. The number of nitrogens with one attached hydrogen (secondary N) is 3. The Morgan fingerprint density at radius 2 is 1.97 bits per heavy atom. The van der Waals surface area contributed by atoms with E-state index in [-0.39, 0.29) is 11.8 Å². The minimum absolute atomic E-state index is 0.0139. The fourth-order valence-corrected chi connectivity index (χ4v) is 3.69. The number of methoxy groups -OCH3 is 1. The van der Waals surface area contributed by atoms with Crippen molar-refractivity contribution >= 4 is 34.8 Å². The van der Waals surface area contributed by atoms with Crippen LogP contribution in [0.2, 0.25) is 0 Å². The van der Waals surface area contributed by atoms with E-state index in [0.29, 0.717) is 17.7 Å². The summed E-state index contributed by atoms with van der Waals surface area (Å²) in [6, 6.07) is 5.50. The zero-order chi connectivity index (χ0) is 21.8. The molecule has 160 valence electrons. The van der Waals surface area contributed by atoms with Crippen LogP contribution in [0, 0.1) is 13.8 Å². The number of aromatic nitrogens is 1. The third-order valence-electron chi connectivity index (χ3n) is 5.59. The first kappa shape index (κ1) is 21.6. The zero-order valence-electron chi connectivity index (χ0n) is 18.3. The lowest BCUT2D eigenvalue weighted by molar-refractivity contribution is -0.116. The van der Waals surface area contributed by atoms with Gasteiger partial charge < -0.3 is 25.3 Å². The Morgan fingerprint density at radius 3 is 2.63 bits per heavy atom. The summed E-state index contributed by atoms with van der Waals surface area (Å²) in [6.45, 7) is 10.6. The highest BCUT2D eigenvalue weighted by atomic mass is 16.5. The van der Waals surface area contributed by atoms with Crippen molar-refractivity contribution in [3.8, 4) is 5.75 Å². The molecule has 0 radical (unpaired) electrons. The molecule has 30 heavy (non-hydrogen) atoms. The molecule has 1 aromatic carbocycles. The molecule has 7 heteroatoms. The van der Waals surface area contributed by atoms with Crippen LogP contribution in [-0.2, 0) is 9.59 Å².